The topological polar surface area (TPSA) is 92.8 Å². The SMILES string of the molecule is Cc1ccc([C@H](C)NC(=O)COC(=O)[C@@H](C)N2C(=O)c3ccccc3C2=O)cc1C. The number of nitrogens with one attached hydrogen (secondary N) is 1. The molecule has 3 amide bonds. The second kappa shape index (κ2) is 8.49. The molecule has 0 saturated carbocycles. The first kappa shape index (κ1) is 21.2. The fraction of sp³-hybridized carbons (Fsp3) is 0.304. The second-order valence-electron chi connectivity index (χ2n) is 7.44. The highest BCUT2D eigenvalue weighted by Crippen LogP contribution is 2.24. The highest BCUT2D eigenvalue weighted by molar-refractivity contribution is 6.22. The zero-order valence-electron chi connectivity index (χ0n) is 17.4. The fourth-order valence-electron chi connectivity index (χ4n) is 3.32. The summed E-state index contributed by atoms with van der Waals surface area (Å²) in [4.78, 5) is 50.4. The predicted molar refractivity (Wildman–Crippen MR) is 110 cm³/mol. The van der Waals surface area contributed by atoms with E-state index in [1.54, 1.807) is 12.1 Å². The summed E-state index contributed by atoms with van der Waals surface area (Å²) in [6.07, 6.45) is 0. The van der Waals surface area contributed by atoms with Crippen molar-refractivity contribution >= 4 is 23.7 Å². The summed E-state index contributed by atoms with van der Waals surface area (Å²) in [6, 6.07) is 10.9. The van der Waals surface area contributed by atoms with Crippen LogP contribution in [0.2, 0.25) is 0 Å². The smallest absolute Gasteiger partial charge is 0.329 e. The van der Waals surface area contributed by atoms with E-state index in [4.69, 9.17) is 4.74 Å². The zero-order chi connectivity index (χ0) is 22.0. The molecule has 0 unspecified atom stereocenters. The number of hydrogen-bond donors (Lipinski definition) is 1. The first-order valence-electron chi connectivity index (χ1n) is 9.70. The maximum absolute atomic E-state index is 12.5. The molecule has 0 saturated heterocycles. The molecule has 156 valence electrons. The average Bonchev–Trinajstić information content (AvgIpc) is 2.98. The standard InChI is InChI=1S/C23H24N2O5/c1-13-9-10-17(11-14(13)2)15(3)24-20(26)12-30-23(29)16(4)25-21(27)18-7-5-6-8-19(18)22(25)28/h5-11,15-16H,12H2,1-4H3,(H,24,26)/t15-,16+/m0/s1. The molecule has 0 radical (unpaired) electrons. The quantitative estimate of drug-likeness (QED) is 0.586. The molecular weight excluding hydrogens is 384 g/mol. The molecule has 7 heteroatoms. The third kappa shape index (κ3) is 4.10. The lowest BCUT2D eigenvalue weighted by Crippen LogP contribution is -2.44. The lowest BCUT2D eigenvalue weighted by molar-refractivity contribution is -0.152. The number of imide groups is 1. The van der Waals surface area contributed by atoms with Gasteiger partial charge >= 0.3 is 5.97 Å². The summed E-state index contributed by atoms with van der Waals surface area (Å²) in [7, 11) is 0. The predicted octanol–water partition coefficient (Wildman–Crippen LogP) is 2.71. The van der Waals surface area contributed by atoms with E-state index in [1.807, 2.05) is 39.0 Å². The molecule has 3 rings (SSSR count). The van der Waals surface area contributed by atoms with Gasteiger partial charge in [0.05, 0.1) is 17.2 Å². The Bertz CT molecular complexity index is 995. The van der Waals surface area contributed by atoms with Gasteiger partial charge in [0, 0.05) is 0 Å². The normalized spacial score (nSPS) is 14.9. The number of amides is 3. The minimum absolute atomic E-state index is 0.252. The van der Waals surface area contributed by atoms with Gasteiger partial charge < -0.3 is 10.1 Å². The third-order valence-corrected chi connectivity index (χ3v) is 5.31. The van der Waals surface area contributed by atoms with E-state index in [-0.39, 0.29) is 17.2 Å². The van der Waals surface area contributed by atoms with Crippen molar-refractivity contribution < 1.29 is 23.9 Å². The number of ether oxygens (including phenoxy) is 1. The van der Waals surface area contributed by atoms with Gasteiger partial charge in [0.2, 0.25) is 0 Å². The molecule has 1 N–H and O–H groups in total. The maximum Gasteiger partial charge on any atom is 0.329 e. The molecular formula is C23H24N2O5. The van der Waals surface area contributed by atoms with Gasteiger partial charge in [-0.1, -0.05) is 30.3 Å². The molecule has 2 aromatic carbocycles. The van der Waals surface area contributed by atoms with Crippen LogP contribution in [0.4, 0.5) is 0 Å². The largest absolute Gasteiger partial charge is 0.454 e. The van der Waals surface area contributed by atoms with E-state index in [9.17, 15) is 19.2 Å². The number of rotatable bonds is 6. The van der Waals surface area contributed by atoms with Crippen molar-refractivity contribution in [3.63, 3.8) is 0 Å². The number of benzene rings is 2. The van der Waals surface area contributed by atoms with Crippen LogP contribution >= 0.6 is 0 Å². The van der Waals surface area contributed by atoms with E-state index in [1.165, 1.54) is 19.1 Å². The zero-order valence-corrected chi connectivity index (χ0v) is 17.4. The summed E-state index contributed by atoms with van der Waals surface area (Å²) in [5.41, 5.74) is 3.73. The molecule has 30 heavy (non-hydrogen) atoms. The Morgan fingerprint density at radius 3 is 2.13 bits per heavy atom. The van der Waals surface area contributed by atoms with Crippen LogP contribution in [0.3, 0.4) is 0 Å². The second-order valence-corrected chi connectivity index (χ2v) is 7.44. The molecule has 0 aromatic heterocycles. The van der Waals surface area contributed by atoms with Crippen LogP contribution in [0.5, 0.6) is 0 Å². The summed E-state index contributed by atoms with van der Waals surface area (Å²) in [5.74, 6) is -2.39. The van der Waals surface area contributed by atoms with Crippen molar-refractivity contribution in [2.75, 3.05) is 6.61 Å². The van der Waals surface area contributed by atoms with Crippen molar-refractivity contribution in [3.05, 3.63) is 70.3 Å². The van der Waals surface area contributed by atoms with E-state index < -0.39 is 36.3 Å². The molecule has 1 aliphatic rings. The monoisotopic (exact) mass is 408 g/mol. The minimum Gasteiger partial charge on any atom is -0.454 e. The number of hydrogen-bond acceptors (Lipinski definition) is 5. The Labute approximate surface area is 175 Å². The van der Waals surface area contributed by atoms with Gasteiger partial charge in [-0.25, -0.2) is 4.79 Å². The Kier molecular flexibility index (Phi) is 6.01. The molecule has 1 heterocycles. The summed E-state index contributed by atoms with van der Waals surface area (Å²) in [5, 5.41) is 2.77. The van der Waals surface area contributed by atoms with Crippen LogP contribution in [0.25, 0.3) is 0 Å². The summed E-state index contributed by atoms with van der Waals surface area (Å²) < 4.78 is 5.06. The van der Waals surface area contributed by atoms with E-state index in [0.29, 0.717) is 0 Å². The van der Waals surface area contributed by atoms with Crippen LogP contribution < -0.4 is 5.32 Å². The molecule has 7 nitrogen and oxygen atoms in total. The molecule has 1 aliphatic heterocycles. The third-order valence-electron chi connectivity index (χ3n) is 5.31. The van der Waals surface area contributed by atoms with Crippen molar-refractivity contribution in [1.82, 2.24) is 10.2 Å². The maximum atomic E-state index is 12.5. The highest BCUT2D eigenvalue weighted by atomic mass is 16.5. The number of aryl methyl sites for hydroxylation is 2. The van der Waals surface area contributed by atoms with Gasteiger partial charge in [-0.05, 0) is 56.5 Å². The minimum atomic E-state index is -1.14. The van der Waals surface area contributed by atoms with Crippen molar-refractivity contribution in [2.24, 2.45) is 0 Å². The number of carbonyl (C=O) groups is 4. The molecule has 0 spiro atoms. The molecule has 2 aromatic rings. The summed E-state index contributed by atoms with van der Waals surface area (Å²) >= 11 is 0. The van der Waals surface area contributed by atoms with E-state index in [2.05, 4.69) is 5.32 Å². The Hall–Kier alpha value is -3.48. The molecule has 0 aliphatic carbocycles. The van der Waals surface area contributed by atoms with Crippen LogP contribution in [0, 0.1) is 13.8 Å². The average molecular weight is 408 g/mol. The Balaban J connectivity index is 1.56. The Morgan fingerprint density at radius 2 is 1.57 bits per heavy atom. The van der Waals surface area contributed by atoms with Gasteiger partial charge in [-0.2, -0.15) is 0 Å². The number of fused-ring (bicyclic) bond motifs is 1. The van der Waals surface area contributed by atoms with Gasteiger partial charge in [0.1, 0.15) is 6.04 Å². The van der Waals surface area contributed by atoms with E-state index in [0.717, 1.165) is 21.6 Å². The van der Waals surface area contributed by atoms with Gasteiger partial charge in [0.25, 0.3) is 17.7 Å². The van der Waals surface area contributed by atoms with E-state index >= 15 is 0 Å². The van der Waals surface area contributed by atoms with Gasteiger partial charge in [-0.15, -0.1) is 0 Å². The van der Waals surface area contributed by atoms with Crippen LogP contribution in [0.15, 0.2) is 42.5 Å². The van der Waals surface area contributed by atoms with Crippen molar-refractivity contribution in [1.29, 1.82) is 0 Å². The van der Waals surface area contributed by atoms with Crippen molar-refractivity contribution in [3.8, 4) is 0 Å². The molecule has 0 fully saturated rings. The van der Waals surface area contributed by atoms with Crippen LogP contribution in [-0.4, -0.2) is 41.2 Å². The molecule has 0 bridgehead atoms. The highest BCUT2D eigenvalue weighted by Gasteiger charge is 2.41. The summed E-state index contributed by atoms with van der Waals surface area (Å²) in [6.45, 7) is 6.75. The lowest BCUT2D eigenvalue weighted by atomic mass is 10.0. The lowest BCUT2D eigenvalue weighted by Gasteiger charge is -2.21. The number of nitrogens with zero attached hydrogens (tertiary/aromatic N) is 1. The number of esters is 1. The van der Waals surface area contributed by atoms with Crippen LogP contribution in [-0.2, 0) is 14.3 Å². The van der Waals surface area contributed by atoms with Crippen molar-refractivity contribution in [2.45, 2.75) is 39.8 Å². The fourth-order valence-corrected chi connectivity index (χ4v) is 3.32. The van der Waals surface area contributed by atoms with Gasteiger partial charge in [-0.3, -0.25) is 19.3 Å². The van der Waals surface area contributed by atoms with Gasteiger partial charge in [0.15, 0.2) is 6.61 Å². The van der Waals surface area contributed by atoms with Crippen LogP contribution in [0.1, 0.15) is 57.3 Å². The first-order valence-corrected chi connectivity index (χ1v) is 9.70. The molecule has 2 atom stereocenters. The number of carbonyl (C=O) groups excluding carboxylic acids is 4. The first-order chi connectivity index (χ1) is 14.2. The Morgan fingerprint density at radius 1 is 0.967 bits per heavy atom.